The maximum Gasteiger partial charge on any atom is 0.230 e. The van der Waals surface area contributed by atoms with E-state index in [2.05, 4.69) is 5.32 Å². The Bertz CT molecular complexity index is 745. The summed E-state index contributed by atoms with van der Waals surface area (Å²) in [5, 5.41) is 3.45. The number of anilines is 1. The van der Waals surface area contributed by atoms with Crippen molar-refractivity contribution >= 4 is 17.4 Å². The summed E-state index contributed by atoms with van der Waals surface area (Å²) in [6.07, 6.45) is 4.50. The van der Waals surface area contributed by atoms with Crippen LogP contribution in [0.2, 0.25) is 0 Å². The van der Waals surface area contributed by atoms with E-state index in [1.54, 1.807) is 12.1 Å². The lowest BCUT2D eigenvalue weighted by atomic mass is 9.67. The van der Waals surface area contributed by atoms with E-state index < -0.39 is 0 Å². The van der Waals surface area contributed by atoms with Gasteiger partial charge in [0.1, 0.15) is 5.82 Å². The van der Waals surface area contributed by atoms with Crippen LogP contribution in [0.5, 0.6) is 0 Å². The minimum absolute atomic E-state index is 0.137. The van der Waals surface area contributed by atoms with Gasteiger partial charge in [0.05, 0.1) is 11.1 Å². The van der Waals surface area contributed by atoms with Gasteiger partial charge in [-0.05, 0) is 50.4 Å². The predicted octanol–water partition coefficient (Wildman–Crippen LogP) is 2.46. The molecule has 3 fully saturated rings. The number of hydrogen-bond donors (Lipinski definition) is 1. The average Bonchev–Trinajstić information content (AvgIpc) is 3.12. The first-order valence-electron chi connectivity index (χ1n) is 10.1. The lowest BCUT2D eigenvalue weighted by Gasteiger charge is -2.44. The third kappa shape index (κ3) is 3.24. The Morgan fingerprint density at radius 3 is 2.67 bits per heavy atom. The highest BCUT2D eigenvalue weighted by Crippen LogP contribution is 2.45. The van der Waals surface area contributed by atoms with Crippen LogP contribution >= 0.6 is 0 Å². The van der Waals surface area contributed by atoms with Gasteiger partial charge in [-0.1, -0.05) is 12.8 Å². The summed E-state index contributed by atoms with van der Waals surface area (Å²) in [5.74, 6) is 0.258. The van der Waals surface area contributed by atoms with Crippen molar-refractivity contribution in [1.29, 1.82) is 0 Å². The van der Waals surface area contributed by atoms with Crippen LogP contribution in [0.25, 0.3) is 0 Å². The van der Waals surface area contributed by atoms with Crippen LogP contribution < -0.4 is 10.2 Å². The molecule has 146 valence electrons. The van der Waals surface area contributed by atoms with E-state index in [0.29, 0.717) is 49.3 Å². The zero-order valence-corrected chi connectivity index (χ0v) is 16.0. The minimum atomic E-state index is -0.367. The normalized spacial score (nSPS) is 28.1. The van der Waals surface area contributed by atoms with Crippen molar-refractivity contribution < 1.29 is 14.0 Å². The van der Waals surface area contributed by atoms with E-state index in [4.69, 9.17) is 0 Å². The Morgan fingerprint density at radius 2 is 1.96 bits per heavy atom. The fourth-order valence-corrected chi connectivity index (χ4v) is 5.12. The van der Waals surface area contributed by atoms with Crippen molar-refractivity contribution in [2.24, 2.45) is 11.3 Å². The number of rotatable bonds is 3. The van der Waals surface area contributed by atoms with Gasteiger partial charge in [0.2, 0.25) is 5.91 Å². The second-order valence-corrected chi connectivity index (χ2v) is 8.23. The first-order chi connectivity index (χ1) is 13.0. The van der Waals surface area contributed by atoms with Crippen LogP contribution in [-0.2, 0) is 4.79 Å². The van der Waals surface area contributed by atoms with Crippen molar-refractivity contribution in [3.8, 4) is 0 Å². The molecule has 1 aromatic carbocycles. The summed E-state index contributed by atoms with van der Waals surface area (Å²) in [6.45, 7) is 5.70. The molecular formula is C21H28FN3O2. The zero-order chi connectivity index (χ0) is 19.0. The third-order valence-corrected chi connectivity index (χ3v) is 6.73. The van der Waals surface area contributed by atoms with Gasteiger partial charge in [-0.25, -0.2) is 4.39 Å². The van der Waals surface area contributed by atoms with Gasteiger partial charge in [-0.2, -0.15) is 0 Å². The van der Waals surface area contributed by atoms with Gasteiger partial charge in [0.15, 0.2) is 5.78 Å². The molecule has 1 amide bonds. The van der Waals surface area contributed by atoms with Crippen LogP contribution in [0.1, 0.15) is 43.0 Å². The van der Waals surface area contributed by atoms with Gasteiger partial charge in [0, 0.05) is 38.3 Å². The molecule has 4 rings (SSSR count). The Kier molecular flexibility index (Phi) is 4.93. The molecule has 27 heavy (non-hydrogen) atoms. The Morgan fingerprint density at radius 1 is 1.19 bits per heavy atom. The Balaban J connectivity index is 1.43. The fourth-order valence-electron chi connectivity index (χ4n) is 5.12. The average molecular weight is 373 g/mol. The number of carbonyl (C=O) groups is 2. The Hall–Kier alpha value is -1.95. The molecule has 1 N–H and O–H groups in total. The van der Waals surface area contributed by atoms with Gasteiger partial charge >= 0.3 is 0 Å². The number of Topliss-reactive ketones (excluding diaryl/α,β-unsaturated/α-hetero) is 1. The quantitative estimate of drug-likeness (QED) is 0.827. The smallest absolute Gasteiger partial charge is 0.230 e. The monoisotopic (exact) mass is 373 g/mol. The van der Waals surface area contributed by atoms with Crippen LogP contribution in [-0.4, -0.2) is 55.9 Å². The molecule has 2 aliphatic heterocycles. The molecule has 2 saturated heterocycles. The molecule has 5 nitrogen and oxygen atoms in total. The molecule has 0 radical (unpaired) electrons. The molecule has 6 heteroatoms. The lowest BCUT2D eigenvalue weighted by molar-refractivity contribution is -0.145. The number of ketones is 1. The molecule has 3 aliphatic rings. The molecular weight excluding hydrogens is 345 g/mol. The maximum absolute atomic E-state index is 14.4. The van der Waals surface area contributed by atoms with E-state index in [1.807, 2.05) is 9.80 Å². The molecule has 1 aliphatic carbocycles. The number of nitrogens with one attached hydrogen (secondary N) is 1. The van der Waals surface area contributed by atoms with E-state index >= 15 is 0 Å². The second kappa shape index (κ2) is 7.23. The molecule has 0 bridgehead atoms. The van der Waals surface area contributed by atoms with E-state index in [-0.39, 0.29) is 17.0 Å². The van der Waals surface area contributed by atoms with E-state index in [0.717, 1.165) is 32.4 Å². The maximum atomic E-state index is 14.4. The number of benzene rings is 1. The second-order valence-electron chi connectivity index (χ2n) is 8.23. The van der Waals surface area contributed by atoms with Crippen molar-refractivity contribution in [2.45, 2.75) is 32.6 Å². The van der Waals surface area contributed by atoms with Crippen LogP contribution in [0.4, 0.5) is 10.1 Å². The first-order valence-corrected chi connectivity index (χ1v) is 10.1. The van der Waals surface area contributed by atoms with Crippen LogP contribution in [0.15, 0.2) is 18.2 Å². The number of nitrogens with zero attached hydrogens (tertiary/aromatic N) is 2. The predicted molar refractivity (Wildman–Crippen MR) is 102 cm³/mol. The highest BCUT2D eigenvalue weighted by molar-refractivity contribution is 5.94. The van der Waals surface area contributed by atoms with Gasteiger partial charge in [-0.15, -0.1) is 0 Å². The summed E-state index contributed by atoms with van der Waals surface area (Å²) in [4.78, 5) is 28.7. The van der Waals surface area contributed by atoms with Crippen molar-refractivity contribution in [3.05, 3.63) is 29.6 Å². The summed E-state index contributed by atoms with van der Waals surface area (Å²) in [7, 11) is 0. The van der Waals surface area contributed by atoms with Gasteiger partial charge < -0.3 is 15.1 Å². The largest absolute Gasteiger partial charge is 0.366 e. The lowest BCUT2D eigenvalue weighted by Crippen LogP contribution is -2.56. The number of fused-ring (bicyclic) bond motifs is 1. The molecule has 2 heterocycles. The minimum Gasteiger partial charge on any atom is -0.366 e. The fraction of sp³-hybridized carbons (Fsp3) is 0.619. The van der Waals surface area contributed by atoms with Crippen LogP contribution in [0.3, 0.4) is 0 Å². The number of hydrogen-bond acceptors (Lipinski definition) is 4. The molecule has 0 unspecified atom stereocenters. The number of amides is 1. The summed E-state index contributed by atoms with van der Waals surface area (Å²) < 4.78 is 14.4. The molecule has 0 spiro atoms. The summed E-state index contributed by atoms with van der Waals surface area (Å²) >= 11 is 0. The van der Waals surface area contributed by atoms with Crippen molar-refractivity contribution in [2.75, 3.05) is 44.2 Å². The van der Waals surface area contributed by atoms with Gasteiger partial charge in [0.25, 0.3) is 0 Å². The first kappa shape index (κ1) is 18.4. The molecule has 1 saturated carbocycles. The highest BCUT2D eigenvalue weighted by Gasteiger charge is 2.51. The van der Waals surface area contributed by atoms with Crippen molar-refractivity contribution in [3.63, 3.8) is 0 Å². The third-order valence-electron chi connectivity index (χ3n) is 6.73. The van der Waals surface area contributed by atoms with E-state index in [9.17, 15) is 14.0 Å². The topological polar surface area (TPSA) is 52.7 Å². The van der Waals surface area contributed by atoms with Crippen LogP contribution in [0, 0.1) is 17.2 Å². The molecule has 1 aromatic rings. The van der Waals surface area contributed by atoms with Crippen molar-refractivity contribution in [1.82, 2.24) is 10.2 Å². The molecule has 0 aromatic heterocycles. The van der Waals surface area contributed by atoms with Gasteiger partial charge in [-0.3, -0.25) is 9.59 Å². The van der Waals surface area contributed by atoms with E-state index in [1.165, 1.54) is 19.4 Å². The SMILES string of the molecule is CC(=O)c1ccc(N2CCN(C(=O)[C@@]34CCCC[C@H]3CNC4)CC2)c(F)c1. The summed E-state index contributed by atoms with van der Waals surface area (Å²) in [6, 6.07) is 4.67. The highest BCUT2D eigenvalue weighted by atomic mass is 19.1. The zero-order valence-electron chi connectivity index (χ0n) is 16.0. The standard InChI is InChI=1S/C21H28FN3O2/c1-15(26)16-5-6-19(18(22)12-16)24-8-10-25(11-9-24)20(27)21-7-3-2-4-17(21)13-23-14-21/h5-6,12,17,23H,2-4,7-11,13-14H2,1H3/t17-,21+/m0/s1. The number of carbonyl (C=O) groups excluding carboxylic acids is 2. The summed E-state index contributed by atoms with van der Waals surface area (Å²) in [5.41, 5.74) is 0.694. The number of piperazine rings is 1. The molecule has 2 atom stereocenters. The number of halogens is 1. The Labute approximate surface area is 159 Å².